The molecule has 140 valence electrons. The van der Waals surface area contributed by atoms with E-state index in [1.165, 1.54) is 26.2 Å². The van der Waals surface area contributed by atoms with Gasteiger partial charge in [0.25, 0.3) is 0 Å². The molecule has 0 aliphatic heterocycles. The van der Waals surface area contributed by atoms with E-state index in [9.17, 15) is 5.11 Å². The van der Waals surface area contributed by atoms with Crippen LogP contribution in [0.5, 0.6) is 23.0 Å². The fourth-order valence-electron chi connectivity index (χ4n) is 2.42. The molecule has 0 radical (unpaired) electrons. The summed E-state index contributed by atoms with van der Waals surface area (Å²) in [4.78, 5) is 9.58. The third kappa shape index (κ3) is 4.17. The number of aromatic nitrogens is 2. The van der Waals surface area contributed by atoms with E-state index in [1.807, 2.05) is 24.3 Å². The Labute approximate surface area is 161 Å². The van der Waals surface area contributed by atoms with Crippen LogP contribution in [-0.4, -0.2) is 36.4 Å². The molecular weight excluding hydrogens is 366 g/mol. The molecule has 3 aromatic rings. The molecule has 8 heteroatoms. The van der Waals surface area contributed by atoms with Crippen LogP contribution in [0.3, 0.4) is 0 Å². The summed E-state index contributed by atoms with van der Waals surface area (Å²) in [5, 5.41) is 10.3. The van der Waals surface area contributed by atoms with Crippen molar-refractivity contribution in [2.45, 2.75) is 4.90 Å². The van der Waals surface area contributed by atoms with Crippen LogP contribution >= 0.6 is 11.9 Å². The summed E-state index contributed by atoms with van der Waals surface area (Å²) >= 11 is 1.39. The van der Waals surface area contributed by atoms with Gasteiger partial charge in [0.05, 0.1) is 27.0 Å². The first-order valence-corrected chi connectivity index (χ1v) is 8.77. The first kappa shape index (κ1) is 18.7. The van der Waals surface area contributed by atoms with Crippen molar-refractivity contribution in [2.24, 2.45) is 0 Å². The van der Waals surface area contributed by atoms with Crippen molar-refractivity contribution < 1.29 is 19.3 Å². The quantitative estimate of drug-likeness (QED) is 0.610. The molecule has 0 aliphatic rings. The predicted molar refractivity (Wildman–Crippen MR) is 104 cm³/mol. The van der Waals surface area contributed by atoms with E-state index in [1.54, 1.807) is 42.0 Å². The summed E-state index contributed by atoms with van der Waals surface area (Å²) in [5.41, 5.74) is 0.629. The Bertz CT molecular complexity index is 909. The SMILES string of the molecule is COc1cccc(SN(c2cc(O)c(OC)c(OC)c2)c2ncccn2)c1. The van der Waals surface area contributed by atoms with Crippen molar-refractivity contribution in [1.29, 1.82) is 0 Å². The fourth-order valence-corrected chi connectivity index (χ4v) is 3.32. The Balaban J connectivity index is 2.06. The molecule has 0 amide bonds. The Morgan fingerprint density at radius 2 is 1.70 bits per heavy atom. The summed E-state index contributed by atoms with van der Waals surface area (Å²) in [5.74, 6) is 1.82. The fraction of sp³-hybridized carbons (Fsp3) is 0.158. The van der Waals surface area contributed by atoms with Crippen LogP contribution < -0.4 is 18.5 Å². The standard InChI is InChI=1S/C19H19N3O4S/c1-24-14-6-4-7-15(12-14)27-22(19-20-8-5-9-21-19)13-10-16(23)18(26-3)17(11-13)25-2/h4-12,23H,1-3H3. The van der Waals surface area contributed by atoms with Crippen LogP contribution in [0.25, 0.3) is 0 Å². The molecule has 0 spiro atoms. The van der Waals surface area contributed by atoms with Gasteiger partial charge < -0.3 is 19.3 Å². The zero-order valence-electron chi connectivity index (χ0n) is 15.1. The number of phenolic OH excluding ortho intramolecular Hbond substituents is 1. The lowest BCUT2D eigenvalue weighted by Crippen LogP contribution is -2.10. The van der Waals surface area contributed by atoms with E-state index in [0.717, 1.165) is 10.6 Å². The predicted octanol–water partition coefficient (Wildman–Crippen LogP) is 4.05. The molecule has 0 unspecified atom stereocenters. The van der Waals surface area contributed by atoms with Gasteiger partial charge in [0, 0.05) is 29.4 Å². The number of phenols is 1. The average Bonchev–Trinajstić information content (AvgIpc) is 2.72. The minimum atomic E-state index is -0.0426. The Morgan fingerprint density at radius 1 is 0.926 bits per heavy atom. The monoisotopic (exact) mass is 385 g/mol. The second-order valence-corrected chi connectivity index (χ2v) is 6.33. The third-order valence-corrected chi connectivity index (χ3v) is 4.67. The molecule has 0 fully saturated rings. The number of hydrogen-bond acceptors (Lipinski definition) is 8. The van der Waals surface area contributed by atoms with E-state index in [-0.39, 0.29) is 11.5 Å². The highest BCUT2D eigenvalue weighted by atomic mass is 32.2. The third-order valence-electron chi connectivity index (χ3n) is 3.65. The Kier molecular flexibility index (Phi) is 5.87. The molecule has 3 rings (SSSR count). The Morgan fingerprint density at radius 3 is 2.37 bits per heavy atom. The van der Waals surface area contributed by atoms with Crippen molar-refractivity contribution in [3.63, 3.8) is 0 Å². The number of aromatic hydroxyl groups is 1. The van der Waals surface area contributed by atoms with Gasteiger partial charge in [-0.1, -0.05) is 6.07 Å². The van der Waals surface area contributed by atoms with Crippen LogP contribution in [0.2, 0.25) is 0 Å². The minimum absolute atomic E-state index is 0.0426. The normalized spacial score (nSPS) is 10.3. The van der Waals surface area contributed by atoms with Gasteiger partial charge in [-0.3, -0.25) is 0 Å². The molecule has 0 bridgehead atoms. The van der Waals surface area contributed by atoms with E-state index >= 15 is 0 Å². The van der Waals surface area contributed by atoms with Crippen LogP contribution in [0, 0.1) is 0 Å². The molecule has 0 saturated carbocycles. The van der Waals surface area contributed by atoms with Crippen molar-refractivity contribution >= 4 is 23.6 Å². The maximum Gasteiger partial charge on any atom is 0.240 e. The maximum atomic E-state index is 10.3. The average molecular weight is 385 g/mol. The molecule has 1 heterocycles. The first-order valence-electron chi connectivity index (χ1n) is 8.00. The second kappa shape index (κ2) is 8.50. The zero-order valence-corrected chi connectivity index (χ0v) is 15.9. The van der Waals surface area contributed by atoms with Crippen LogP contribution in [0.1, 0.15) is 0 Å². The van der Waals surface area contributed by atoms with Gasteiger partial charge in [-0.15, -0.1) is 0 Å². The smallest absolute Gasteiger partial charge is 0.240 e. The molecule has 0 atom stereocenters. The van der Waals surface area contributed by atoms with Crippen molar-refractivity contribution in [3.05, 3.63) is 54.9 Å². The summed E-state index contributed by atoms with van der Waals surface area (Å²) in [6, 6.07) is 12.7. The highest BCUT2D eigenvalue weighted by molar-refractivity contribution is 8.01. The number of methoxy groups -OCH3 is 3. The van der Waals surface area contributed by atoms with Crippen molar-refractivity contribution in [2.75, 3.05) is 25.6 Å². The molecule has 0 aliphatic carbocycles. The van der Waals surface area contributed by atoms with E-state index in [0.29, 0.717) is 17.4 Å². The number of hydrogen-bond donors (Lipinski definition) is 1. The summed E-state index contributed by atoms with van der Waals surface area (Å²) in [6.45, 7) is 0. The number of rotatable bonds is 7. The number of ether oxygens (including phenoxy) is 3. The topological polar surface area (TPSA) is 76.9 Å². The van der Waals surface area contributed by atoms with Gasteiger partial charge in [0.1, 0.15) is 5.75 Å². The molecule has 2 aromatic carbocycles. The molecule has 7 nitrogen and oxygen atoms in total. The van der Waals surface area contributed by atoms with Crippen molar-refractivity contribution in [3.8, 4) is 23.0 Å². The van der Waals surface area contributed by atoms with E-state index in [2.05, 4.69) is 9.97 Å². The number of benzene rings is 2. The largest absolute Gasteiger partial charge is 0.504 e. The van der Waals surface area contributed by atoms with Crippen LogP contribution in [0.4, 0.5) is 11.6 Å². The summed E-state index contributed by atoms with van der Waals surface area (Å²) in [6.07, 6.45) is 3.31. The van der Waals surface area contributed by atoms with Crippen LogP contribution in [-0.2, 0) is 0 Å². The highest BCUT2D eigenvalue weighted by Gasteiger charge is 2.20. The second-order valence-electron chi connectivity index (χ2n) is 5.31. The van der Waals surface area contributed by atoms with E-state index < -0.39 is 0 Å². The lowest BCUT2D eigenvalue weighted by molar-refractivity contribution is 0.333. The van der Waals surface area contributed by atoms with Gasteiger partial charge in [-0.2, -0.15) is 0 Å². The summed E-state index contributed by atoms with van der Waals surface area (Å²) < 4.78 is 17.6. The molecule has 0 saturated heterocycles. The molecule has 1 aromatic heterocycles. The molecular formula is C19H19N3O4S. The lowest BCUT2D eigenvalue weighted by Gasteiger charge is -2.22. The first-order chi connectivity index (χ1) is 13.2. The van der Waals surface area contributed by atoms with Gasteiger partial charge >= 0.3 is 0 Å². The van der Waals surface area contributed by atoms with Gasteiger partial charge in [-0.25, -0.2) is 14.3 Å². The Hall–Kier alpha value is -3.13. The maximum absolute atomic E-state index is 10.3. The zero-order chi connectivity index (χ0) is 19.2. The van der Waals surface area contributed by atoms with Gasteiger partial charge in [0.2, 0.25) is 11.7 Å². The lowest BCUT2D eigenvalue weighted by atomic mass is 10.2. The minimum Gasteiger partial charge on any atom is -0.504 e. The summed E-state index contributed by atoms with van der Waals surface area (Å²) in [7, 11) is 4.61. The molecule has 1 N–H and O–H groups in total. The van der Waals surface area contributed by atoms with Crippen molar-refractivity contribution in [1.82, 2.24) is 9.97 Å². The molecule has 27 heavy (non-hydrogen) atoms. The van der Waals surface area contributed by atoms with Crippen LogP contribution in [0.15, 0.2) is 59.8 Å². The van der Waals surface area contributed by atoms with Gasteiger partial charge in [-0.05, 0) is 36.2 Å². The van der Waals surface area contributed by atoms with E-state index in [4.69, 9.17) is 14.2 Å². The number of anilines is 2. The van der Waals surface area contributed by atoms with Gasteiger partial charge in [0.15, 0.2) is 11.5 Å². The number of nitrogens with zero attached hydrogens (tertiary/aromatic N) is 3. The highest BCUT2D eigenvalue weighted by Crippen LogP contribution is 2.44.